The van der Waals surface area contributed by atoms with E-state index < -0.39 is 40.9 Å². The number of hydrogen-bond acceptors (Lipinski definition) is 2. The van der Waals surface area contributed by atoms with Gasteiger partial charge < -0.3 is 10.2 Å². The first kappa shape index (κ1) is 18.9. The number of hydrogen-bond donors (Lipinski definition) is 1. The van der Waals surface area contributed by atoms with Crippen LogP contribution >= 0.6 is 0 Å². The van der Waals surface area contributed by atoms with Crippen LogP contribution in [0.1, 0.15) is 23.5 Å². The van der Waals surface area contributed by atoms with Crippen molar-refractivity contribution in [2.45, 2.75) is 19.3 Å². The van der Waals surface area contributed by atoms with Crippen molar-refractivity contribution in [2.24, 2.45) is 5.92 Å². The van der Waals surface area contributed by atoms with E-state index in [1.54, 1.807) is 7.05 Å². The van der Waals surface area contributed by atoms with Crippen LogP contribution < -0.4 is 5.32 Å². The first-order valence-electron chi connectivity index (χ1n) is 8.55. The number of likely N-dealkylation sites (tertiary alicyclic amines) is 1. The van der Waals surface area contributed by atoms with Gasteiger partial charge in [-0.3, -0.25) is 9.59 Å². The fourth-order valence-corrected chi connectivity index (χ4v) is 3.32. The van der Waals surface area contributed by atoms with Crippen LogP contribution in [0.25, 0.3) is 0 Å². The van der Waals surface area contributed by atoms with Crippen molar-refractivity contribution in [2.75, 3.05) is 18.9 Å². The van der Waals surface area contributed by atoms with Crippen LogP contribution in [0.5, 0.6) is 0 Å². The zero-order valence-electron chi connectivity index (χ0n) is 14.9. The third-order valence-electron chi connectivity index (χ3n) is 4.90. The van der Waals surface area contributed by atoms with E-state index in [1.807, 2.05) is 31.2 Å². The number of piperidine rings is 1. The second-order valence-corrected chi connectivity index (χ2v) is 6.76. The fraction of sp³-hybridized carbons (Fsp3) is 0.300. The van der Waals surface area contributed by atoms with Gasteiger partial charge in [0.25, 0.3) is 0 Å². The van der Waals surface area contributed by atoms with Crippen molar-refractivity contribution in [3.8, 4) is 0 Å². The minimum Gasteiger partial charge on any atom is -0.345 e. The zero-order chi connectivity index (χ0) is 19.7. The van der Waals surface area contributed by atoms with Crippen molar-refractivity contribution >= 4 is 17.5 Å². The van der Waals surface area contributed by atoms with E-state index >= 15 is 0 Å². The van der Waals surface area contributed by atoms with E-state index in [4.69, 9.17) is 0 Å². The maximum Gasteiger partial charge on any atom is 0.237 e. The molecule has 27 heavy (non-hydrogen) atoms. The summed E-state index contributed by atoms with van der Waals surface area (Å²) in [4.78, 5) is 26.9. The van der Waals surface area contributed by atoms with Crippen LogP contribution in [0.2, 0.25) is 0 Å². The van der Waals surface area contributed by atoms with Gasteiger partial charge in [0.05, 0.1) is 5.69 Å². The zero-order valence-corrected chi connectivity index (χ0v) is 14.9. The molecule has 1 aliphatic heterocycles. The standard InChI is InChI=1S/C20H19F3N2O2/c1-11-3-5-12(6-4-11)13-9-10-25(2)20(27)16(13)19(26)24-15-8-7-14(21)17(22)18(15)23/h3-8,13,16H,9-10H2,1-2H3,(H,24,26)/t13-,16+/m1/s1. The van der Waals surface area contributed by atoms with Gasteiger partial charge in [-0.05, 0) is 31.0 Å². The maximum atomic E-state index is 13.9. The summed E-state index contributed by atoms with van der Waals surface area (Å²) in [6.45, 7) is 2.42. The molecule has 2 aromatic rings. The van der Waals surface area contributed by atoms with E-state index in [9.17, 15) is 22.8 Å². The molecule has 142 valence electrons. The highest BCUT2D eigenvalue weighted by Crippen LogP contribution is 2.35. The van der Waals surface area contributed by atoms with Gasteiger partial charge in [-0.1, -0.05) is 29.8 Å². The number of nitrogens with one attached hydrogen (secondary N) is 1. The average molecular weight is 376 g/mol. The topological polar surface area (TPSA) is 49.4 Å². The SMILES string of the molecule is Cc1ccc([C@H]2CCN(C)C(=O)[C@@H]2C(=O)Nc2ccc(F)c(F)c2F)cc1. The van der Waals surface area contributed by atoms with E-state index in [1.165, 1.54) is 4.90 Å². The van der Waals surface area contributed by atoms with Crippen molar-refractivity contribution in [3.05, 3.63) is 65.0 Å². The minimum absolute atomic E-state index is 0.386. The summed E-state index contributed by atoms with van der Waals surface area (Å²) in [5.41, 5.74) is 1.37. The molecule has 1 saturated heterocycles. The summed E-state index contributed by atoms with van der Waals surface area (Å²) in [7, 11) is 1.59. The normalized spacial score (nSPS) is 19.9. The Balaban J connectivity index is 1.91. The summed E-state index contributed by atoms with van der Waals surface area (Å²) in [6.07, 6.45) is 0.559. The fourth-order valence-electron chi connectivity index (χ4n) is 3.32. The molecule has 7 heteroatoms. The van der Waals surface area contributed by atoms with Crippen molar-refractivity contribution in [3.63, 3.8) is 0 Å². The molecule has 0 spiro atoms. The Morgan fingerprint density at radius 2 is 1.74 bits per heavy atom. The summed E-state index contributed by atoms with van der Waals surface area (Å²) in [6, 6.07) is 9.15. The summed E-state index contributed by atoms with van der Waals surface area (Å²) in [5, 5.41) is 2.24. The molecule has 1 heterocycles. The number of amides is 2. The molecule has 0 radical (unpaired) electrons. The Kier molecular flexibility index (Phi) is 5.21. The molecule has 0 aliphatic carbocycles. The van der Waals surface area contributed by atoms with Crippen LogP contribution in [0.3, 0.4) is 0 Å². The summed E-state index contributed by atoms with van der Waals surface area (Å²) < 4.78 is 40.4. The number of benzene rings is 2. The Labute approximate surface area is 155 Å². The molecule has 0 saturated carbocycles. The van der Waals surface area contributed by atoms with Crippen molar-refractivity contribution in [1.82, 2.24) is 4.90 Å². The first-order valence-corrected chi connectivity index (χ1v) is 8.55. The largest absolute Gasteiger partial charge is 0.345 e. The lowest BCUT2D eigenvalue weighted by Crippen LogP contribution is -2.47. The second-order valence-electron chi connectivity index (χ2n) is 6.76. The Morgan fingerprint density at radius 1 is 1.07 bits per heavy atom. The highest BCUT2D eigenvalue weighted by molar-refractivity contribution is 6.07. The van der Waals surface area contributed by atoms with E-state index in [0.717, 1.165) is 23.3 Å². The van der Waals surface area contributed by atoms with E-state index in [0.29, 0.717) is 13.0 Å². The lowest BCUT2D eigenvalue weighted by molar-refractivity contribution is -0.143. The smallest absolute Gasteiger partial charge is 0.237 e. The van der Waals surface area contributed by atoms with Crippen LogP contribution in [0.4, 0.5) is 18.9 Å². The number of halogens is 3. The quantitative estimate of drug-likeness (QED) is 0.657. The monoisotopic (exact) mass is 376 g/mol. The van der Waals surface area contributed by atoms with Crippen molar-refractivity contribution in [1.29, 1.82) is 0 Å². The Hall–Kier alpha value is -2.83. The number of rotatable bonds is 3. The maximum absolute atomic E-state index is 13.9. The number of aryl methyl sites for hydroxylation is 1. The highest BCUT2D eigenvalue weighted by Gasteiger charge is 2.41. The molecule has 0 aromatic heterocycles. The molecule has 0 unspecified atom stereocenters. The molecule has 2 aromatic carbocycles. The van der Waals surface area contributed by atoms with Gasteiger partial charge in [-0.2, -0.15) is 0 Å². The van der Waals surface area contributed by atoms with Crippen molar-refractivity contribution < 1.29 is 22.8 Å². The van der Waals surface area contributed by atoms with Crippen LogP contribution in [-0.4, -0.2) is 30.3 Å². The van der Waals surface area contributed by atoms with Gasteiger partial charge in [0, 0.05) is 19.5 Å². The third-order valence-corrected chi connectivity index (χ3v) is 4.90. The molecule has 4 nitrogen and oxygen atoms in total. The molecular formula is C20H19F3N2O2. The molecule has 0 bridgehead atoms. The predicted octanol–water partition coefficient (Wildman–Crippen LogP) is 3.61. The number of nitrogens with zero attached hydrogens (tertiary/aromatic N) is 1. The Morgan fingerprint density at radius 3 is 2.41 bits per heavy atom. The minimum atomic E-state index is -1.67. The molecule has 2 atom stereocenters. The molecule has 2 amide bonds. The number of carbonyl (C=O) groups is 2. The van der Waals surface area contributed by atoms with Crippen LogP contribution in [-0.2, 0) is 9.59 Å². The first-order chi connectivity index (χ1) is 12.8. The molecule has 1 N–H and O–H groups in total. The van der Waals surface area contributed by atoms with Crippen LogP contribution in [0.15, 0.2) is 36.4 Å². The van der Waals surface area contributed by atoms with Gasteiger partial charge in [0.2, 0.25) is 11.8 Å². The van der Waals surface area contributed by atoms with Crippen LogP contribution in [0, 0.1) is 30.3 Å². The summed E-state index contributed by atoms with van der Waals surface area (Å²) >= 11 is 0. The van der Waals surface area contributed by atoms with Gasteiger partial charge in [-0.25, -0.2) is 13.2 Å². The van der Waals surface area contributed by atoms with Gasteiger partial charge in [0.1, 0.15) is 5.92 Å². The van der Waals surface area contributed by atoms with Gasteiger partial charge >= 0.3 is 0 Å². The predicted molar refractivity (Wildman–Crippen MR) is 94.6 cm³/mol. The molecule has 3 rings (SSSR count). The number of anilines is 1. The average Bonchev–Trinajstić information content (AvgIpc) is 2.65. The molecule has 1 fully saturated rings. The van der Waals surface area contributed by atoms with Gasteiger partial charge in [0.15, 0.2) is 17.5 Å². The third kappa shape index (κ3) is 3.67. The second kappa shape index (κ2) is 7.42. The lowest BCUT2D eigenvalue weighted by atomic mass is 9.79. The molecule has 1 aliphatic rings. The van der Waals surface area contributed by atoms with Gasteiger partial charge in [-0.15, -0.1) is 0 Å². The van der Waals surface area contributed by atoms with E-state index in [-0.39, 0.29) is 5.92 Å². The molecular weight excluding hydrogens is 357 g/mol. The van der Waals surface area contributed by atoms with E-state index in [2.05, 4.69) is 5.32 Å². The Bertz CT molecular complexity index is 884. The lowest BCUT2D eigenvalue weighted by Gasteiger charge is -2.35. The number of carbonyl (C=O) groups excluding carboxylic acids is 2. The highest BCUT2D eigenvalue weighted by atomic mass is 19.2. The summed E-state index contributed by atoms with van der Waals surface area (Å²) in [5.74, 6) is -7.13.